The Bertz CT molecular complexity index is 277. The minimum absolute atomic E-state index is 0. The second-order valence-electron chi connectivity index (χ2n) is 1.98. The zero-order chi connectivity index (χ0) is 13.1. The summed E-state index contributed by atoms with van der Waals surface area (Å²) in [5.74, 6) is -5.61. The Morgan fingerprint density at radius 3 is 1.00 bits per heavy atom. The van der Waals surface area contributed by atoms with Crippen molar-refractivity contribution in [2.45, 2.75) is 0 Å². The molecular formula is C8H6O8Zn. The van der Waals surface area contributed by atoms with E-state index >= 15 is 0 Å². The van der Waals surface area contributed by atoms with Crippen LogP contribution in [0.25, 0.3) is 0 Å². The van der Waals surface area contributed by atoms with Crippen molar-refractivity contribution < 1.29 is 59.1 Å². The number of carbonyl (C=O) groups is 4. The van der Waals surface area contributed by atoms with Crippen molar-refractivity contribution in [2.75, 3.05) is 0 Å². The molecule has 0 unspecified atom stereocenters. The van der Waals surface area contributed by atoms with Crippen molar-refractivity contribution in [2.24, 2.45) is 0 Å². The summed E-state index contributed by atoms with van der Waals surface area (Å²) >= 11 is 0. The predicted octanol–water partition coefficient (Wildman–Crippen LogP) is -3.25. The van der Waals surface area contributed by atoms with Gasteiger partial charge in [-0.05, 0) is 12.2 Å². The number of aliphatic carboxylic acids is 4. The number of carboxylic acids is 4. The smallest absolute Gasteiger partial charge is 0.545 e. The first-order valence-corrected chi connectivity index (χ1v) is 3.49. The van der Waals surface area contributed by atoms with E-state index in [1.807, 2.05) is 0 Å². The third-order valence-electron chi connectivity index (χ3n) is 0.724. The van der Waals surface area contributed by atoms with Crippen LogP contribution in [0.4, 0.5) is 0 Å². The second kappa shape index (κ2) is 12.1. The van der Waals surface area contributed by atoms with Crippen LogP contribution >= 0.6 is 0 Å². The molecule has 0 spiro atoms. The summed E-state index contributed by atoms with van der Waals surface area (Å²) in [5.41, 5.74) is 0. The van der Waals surface area contributed by atoms with E-state index in [-0.39, 0.29) is 19.5 Å². The molecule has 0 bridgehead atoms. The Morgan fingerprint density at radius 2 is 0.941 bits per heavy atom. The van der Waals surface area contributed by atoms with Crippen molar-refractivity contribution in [1.29, 1.82) is 0 Å². The van der Waals surface area contributed by atoms with Crippen LogP contribution in [0.3, 0.4) is 0 Å². The normalized spacial score (nSPS) is 8.94. The summed E-state index contributed by atoms with van der Waals surface area (Å²) < 4.78 is 0. The molecule has 0 aliphatic carbocycles. The monoisotopic (exact) mass is 294 g/mol. The van der Waals surface area contributed by atoms with E-state index in [0.29, 0.717) is 24.3 Å². The predicted molar refractivity (Wildman–Crippen MR) is 43.6 cm³/mol. The summed E-state index contributed by atoms with van der Waals surface area (Å²) in [4.78, 5) is 37.9. The first-order valence-electron chi connectivity index (χ1n) is 3.49. The first kappa shape index (κ1) is 20.4. The number of hydrogen-bond acceptors (Lipinski definition) is 6. The van der Waals surface area contributed by atoms with Gasteiger partial charge in [0, 0.05) is 12.2 Å². The molecule has 0 amide bonds. The van der Waals surface area contributed by atoms with Gasteiger partial charge in [0.1, 0.15) is 0 Å². The maximum Gasteiger partial charge on any atom is 2.00 e. The van der Waals surface area contributed by atoms with Crippen LogP contribution in [-0.4, -0.2) is 34.1 Å². The van der Waals surface area contributed by atoms with Gasteiger partial charge in [0.25, 0.3) is 0 Å². The first-order chi connectivity index (χ1) is 7.25. The average molecular weight is 296 g/mol. The Morgan fingerprint density at radius 1 is 0.706 bits per heavy atom. The molecule has 0 rings (SSSR count). The van der Waals surface area contributed by atoms with Crippen LogP contribution in [0.2, 0.25) is 0 Å². The topological polar surface area (TPSA) is 155 Å². The van der Waals surface area contributed by atoms with Crippen LogP contribution in [0, 0.1) is 0 Å². The van der Waals surface area contributed by atoms with Gasteiger partial charge in [-0.1, -0.05) is 0 Å². The summed E-state index contributed by atoms with van der Waals surface area (Å²) in [5, 5.41) is 34.5. The van der Waals surface area contributed by atoms with E-state index in [0.717, 1.165) is 0 Å². The van der Waals surface area contributed by atoms with E-state index in [1.165, 1.54) is 0 Å². The van der Waals surface area contributed by atoms with Crippen molar-refractivity contribution in [3.63, 3.8) is 0 Å². The van der Waals surface area contributed by atoms with E-state index in [9.17, 15) is 29.4 Å². The van der Waals surface area contributed by atoms with Gasteiger partial charge in [0.2, 0.25) is 0 Å². The molecule has 0 saturated heterocycles. The number of hydrogen-bond donors (Lipinski definition) is 2. The summed E-state index contributed by atoms with van der Waals surface area (Å²) in [6, 6.07) is 0. The maximum absolute atomic E-state index is 9.53. The molecule has 0 radical (unpaired) electrons. The van der Waals surface area contributed by atoms with E-state index in [2.05, 4.69) is 0 Å². The van der Waals surface area contributed by atoms with Gasteiger partial charge in [-0.2, -0.15) is 0 Å². The Hall–Kier alpha value is -2.02. The fourth-order valence-corrected chi connectivity index (χ4v) is 0.279. The molecule has 8 nitrogen and oxygen atoms in total. The standard InChI is InChI=1S/2C4H4O4.Zn/c2*5-3(6)1-2-4(7)8;/h2*1-2H,(H,5,6)(H,7,8);/q;;+2/p-2/b2*2-1+;. The number of rotatable bonds is 4. The van der Waals surface area contributed by atoms with Crippen molar-refractivity contribution in [1.82, 2.24) is 0 Å². The molecule has 0 aliphatic heterocycles. The number of carboxylic acid groups (broad SMARTS) is 4. The zero-order valence-corrected chi connectivity index (χ0v) is 11.3. The van der Waals surface area contributed by atoms with Gasteiger partial charge in [-0.25, -0.2) is 9.59 Å². The van der Waals surface area contributed by atoms with Gasteiger partial charge in [0.15, 0.2) is 0 Å². The Kier molecular flexibility index (Phi) is 14.5. The molecule has 0 aromatic carbocycles. The SMILES string of the molecule is O=C([O-])/C=C/C(=O)O.O=C([O-])/C=C/C(=O)O.[Zn+2]. The Labute approximate surface area is 108 Å². The molecular weight excluding hydrogens is 289 g/mol. The fraction of sp³-hybridized carbons (Fsp3) is 0. The van der Waals surface area contributed by atoms with Crippen LogP contribution in [0.15, 0.2) is 24.3 Å². The van der Waals surface area contributed by atoms with Crippen LogP contribution in [0.5, 0.6) is 0 Å². The van der Waals surface area contributed by atoms with Gasteiger partial charge >= 0.3 is 31.4 Å². The molecule has 0 aromatic heterocycles. The van der Waals surface area contributed by atoms with E-state index in [1.54, 1.807) is 0 Å². The van der Waals surface area contributed by atoms with Crippen LogP contribution in [0.1, 0.15) is 0 Å². The minimum Gasteiger partial charge on any atom is -0.545 e. The summed E-state index contributed by atoms with van der Waals surface area (Å²) in [6.45, 7) is 0. The van der Waals surface area contributed by atoms with Crippen LogP contribution < -0.4 is 10.2 Å². The maximum atomic E-state index is 9.53. The summed E-state index contributed by atoms with van der Waals surface area (Å²) in [7, 11) is 0. The zero-order valence-electron chi connectivity index (χ0n) is 8.36. The molecule has 0 atom stereocenters. The van der Waals surface area contributed by atoms with Crippen molar-refractivity contribution >= 4 is 23.9 Å². The number of carbonyl (C=O) groups excluding carboxylic acids is 2. The van der Waals surface area contributed by atoms with Gasteiger partial charge in [-0.3, -0.25) is 0 Å². The molecule has 0 aliphatic rings. The molecule has 88 valence electrons. The molecule has 0 aromatic rings. The van der Waals surface area contributed by atoms with Gasteiger partial charge in [-0.15, -0.1) is 0 Å². The van der Waals surface area contributed by atoms with E-state index in [4.69, 9.17) is 10.2 Å². The molecule has 2 N–H and O–H groups in total. The van der Waals surface area contributed by atoms with Crippen molar-refractivity contribution in [3.05, 3.63) is 24.3 Å². The van der Waals surface area contributed by atoms with Gasteiger partial charge < -0.3 is 30.0 Å². The Balaban J connectivity index is -0.000000218. The third kappa shape index (κ3) is 31.5. The molecule has 17 heavy (non-hydrogen) atoms. The third-order valence-corrected chi connectivity index (χ3v) is 0.724. The minimum atomic E-state index is -1.51. The second-order valence-corrected chi connectivity index (χ2v) is 1.98. The summed E-state index contributed by atoms with van der Waals surface area (Å²) in [6.07, 6.45) is 1.88. The largest absolute Gasteiger partial charge is 2.00 e. The van der Waals surface area contributed by atoms with Crippen LogP contribution in [-0.2, 0) is 38.7 Å². The van der Waals surface area contributed by atoms with Gasteiger partial charge in [0.05, 0.1) is 11.9 Å². The van der Waals surface area contributed by atoms with E-state index < -0.39 is 23.9 Å². The quantitative estimate of drug-likeness (QED) is 0.405. The fourth-order valence-electron chi connectivity index (χ4n) is 0.279. The average Bonchev–Trinajstić information content (AvgIpc) is 2.12. The molecule has 0 fully saturated rings. The van der Waals surface area contributed by atoms with Crippen molar-refractivity contribution in [3.8, 4) is 0 Å². The molecule has 9 heteroatoms. The molecule has 0 heterocycles. The molecule has 0 saturated carbocycles.